The highest BCUT2D eigenvalue weighted by Crippen LogP contribution is 2.38. The van der Waals surface area contributed by atoms with Crippen LogP contribution in [0.5, 0.6) is 5.75 Å². The lowest BCUT2D eigenvalue weighted by Gasteiger charge is -2.36. The maximum Gasteiger partial charge on any atom is 0.270 e. The molecule has 21 heavy (non-hydrogen) atoms. The van der Waals surface area contributed by atoms with Crippen LogP contribution in [0.15, 0.2) is 36.4 Å². The van der Waals surface area contributed by atoms with Crippen molar-refractivity contribution in [3.05, 3.63) is 46.5 Å². The summed E-state index contributed by atoms with van der Waals surface area (Å²) >= 11 is 0. The van der Waals surface area contributed by atoms with E-state index in [1.54, 1.807) is 12.1 Å². The monoisotopic (exact) mass is 303 g/mol. The van der Waals surface area contributed by atoms with Gasteiger partial charge < -0.3 is 4.43 Å². The Morgan fingerprint density at radius 2 is 1.62 bits per heavy atom. The first-order valence-corrected chi connectivity index (χ1v) is 9.88. The fourth-order valence-corrected chi connectivity index (χ4v) is 2.86. The van der Waals surface area contributed by atoms with Crippen LogP contribution < -0.4 is 4.43 Å². The highest BCUT2D eigenvalue weighted by molar-refractivity contribution is 6.74. The Morgan fingerprint density at radius 1 is 1.05 bits per heavy atom. The van der Waals surface area contributed by atoms with Crippen LogP contribution in [0.4, 0.5) is 5.69 Å². The van der Waals surface area contributed by atoms with Gasteiger partial charge in [-0.1, -0.05) is 26.8 Å². The van der Waals surface area contributed by atoms with Crippen molar-refractivity contribution in [2.75, 3.05) is 0 Å². The zero-order valence-electron chi connectivity index (χ0n) is 13.1. The topological polar surface area (TPSA) is 52.4 Å². The molecular formula is C16H21NO3Si. The third-order valence-corrected chi connectivity index (χ3v) is 8.54. The SMILES string of the molecule is CC(C)(C)[Si](C)(C)Oc1ccc2cc([N+](=O)[O-])ccc2c1. The number of non-ortho nitro benzene ring substituents is 1. The van der Waals surface area contributed by atoms with Gasteiger partial charge in [0.05, 0.1) is 4.92 Å². The van der Waals surface area contributed by atoms with Crippen LogP contribution in [0.2, 0.25) is 18.1 Å². The van der Waals surface area contributed by atoms with Gasteiger partial charge >= 0.3 is 0 Å². The number of rotatable bonds is 3. The van der Waals surface area contributed by atoms with Crippen molar-refractivity contribution in [1.82, 2.24) is 0 Å². The zero-order valence-corrected chi connectivity index (χ0v) is 14.1. The van der Waals surface area contributed by atoms with Crippen LogP contribution in [0.25, 0.3) is 10.8 Å². The number of fused-ring (bicyclic) bond motifs is 1. The second kappa shape index (κ2) is 5.15. The van der Waals surface area contributed by atoms with Crippen molar-refractivity contribution in [2.24, 2.45) is 0 Å². The van der Waals surface area contributed by atoms with Crippen molar-refractivity contribution in [3.63, 3.8) is 0 Å². The summed E-state index contributed by atoms with van der Waals surface area (Å²) in [6, 6.07) is 10.6. The molecule has 0 saturated carbocycles. The van der Waals surface area contributed by atoms with E-state index in [1.807, 2.05) is 18.2 Å². The Bertz CT molecular complexity index is 689. The third-order valence-electron chi connectivity index (χ3n) is 4.19. The van der Waals surface area contributed by atoms with Gasteiger partial charge in [0, 0.05) is 12.1 Å². The quantitative estimate of drug-likeness (QED) is 0.448. The number of nitro groups is 1. The van der Waals surface area contributed by atoms with Gasteiger partial charge in [0.15, 0.2) is 0 Å². The first-order chi connectivity index (χ1) is 9.60. The minimum absolute atomic E-state index is 0.112. The summed E-state index contributed by atoms with van der Waals surface area (Å²) in [5.74, 6) is 0.836. The van der Waals surface area contributed by atoms with Crippen molar-refractivity contribution in [1.29, 1.82) is 0 Å². The molecule has 0 amide bonds. The van der Waals surface area contributed by atoms with E-state index in [-0.39, 0.29) is 15.6 Å². The maximum absolute atomic E-state index is 10.8. The van der Waals surface area contributed by atoms with Crippen LogP contribution in [-0.4, -0.2) is 13.2 Å². The summed E-state index contributed by atoms with van der Waals surface area (Å²) < 4.78 is 6.26. The van der Waals surface area contributed by atoms with Crippen molar-refractivity contribution in [2.45, 2.75) is 38.9 Å². The van der Waals surface area contributed by atoms with Gasteiger partial charge in [0.1, 0.15) is 5.75 Å². The van der Waals surface area contributed by atoms with Crippen molar-refractivity contribution < 1.29 is 9.35 Å². The molecule has 0 radical (unpaired) electrons. The Hall–Kier alpha value is -1.88. The molecule has 0 bridgehead atoms. The average molecular weight is 303 g/mol. The normalized spacial score (nSPS) is 12.4. The molecule has 112 valence electrons. The number of hydrogen-bond acceptors (Lipinski definition) is 3. The van der Waals surface area contributed by atoms with E-state index < -0.39 is 8.32 Å². The molecule has 0 aliphatic carbocycles. The summed E-state index contributed by atoms with van der Waals surface area (Å²) in [7, 11) is -1.87. The fraction of sp³-hybridized carbons (Fsp3) is 0.375. The van der Waals surface area contributed by atoms with Gasteiger partial charge in [-0.05, 0) is 47.1 Å². The van der Waals surface area contributed by atoms with Gasteiger partial charge in [-0.25, -0.2) is 0 Å². The number of nitro benzene ring substituents is 1. The summed E-state index contributed by atoms with van der Waals surface area (Å²) in [4.78, 5) is 10.4. The van der Waals surface area contributed by atoms with Crippen LogP contribution in [0, 0.1) is 10.1 Å². The number of hydrogen-bond donors (Lipinski definition) is 0. The van der Waals surface area contributed by atoms with E-state index in [4.69, 9.17) is 4.43 Å². The Morgan fingerprint density at radius 3 is 2.19 bits per heavy atom. The molecule has 0 spiro atoms. The number of nitrogens with zero attached hydrogens (tertiary/aromatic N) is 1. The maximum atomic E-state index is 10.8. The summed E-state index contributed by atoms with van der Waals surface area (Å²) in [5.41, 5.74) is 0.112. The first kappa shape index (κ1) is 15.5. The van der Waals surface area contributed by atoms with E-state index >= 15 is 0 Å². The second-order valence-electron chi connectivity index (χ2n) is 6.81. The predicted molar refractivity (Wildman–Crippen MR) is 88.4 cm³/mol. The smallest absolute Gasteiger partial charge is 0.270 e. The second-order valence-corrected chi connectivity index (χ2v) is 11.5. The van der Waals surface area contributed by atoms with E-state index in [1.165, 1.54) is 6.07 Å². The average Bonchev–Trinajstić information content (AvgIpc) is 2.36. The molecule has 0 atom stereocenters. The molecule has 2 aromatic rings. The van der Waals surface area contributed by atoms with E-state index in [0.717, 1.165) is 16.5 Å². The molecule has 0 unspecified atom stereocenters. The lowest BCUT2D eigenvalue weighted by Crippen LogP contribution is -2.43. The molecule has 0 N–H and O–H groups in total. The van der Waals surface area contributed by atoms with Gasteiger partial charge in [-0.2, -0.15) is 0 Å². The number of benzene rings is 2. The lowest BCUT2D eigenvalue weighted by molar-refractivity contribution is -0.384. The van der Waals surface area contributed by atoms with E-state index in [0.29, 0.717) is 0 Å². The highest BCUT2D eigenvalue weighted by atomic mass is 28.4. The molecule has 0 aliphatic heterocycles. The molecule has 4 nitrogen and oxygen atoms in total. The molecule has 0 heterocycles. The molecule has 0 saturated heterocycles. The predicted octanol–water partition coefficient (Wildman–Crippen LogP) is 5.13. The van der Waals surface area contributed by atoms with Gasteiger partial charge in [-0.15, -0.1) is 0 Å². The fourth-order valence-electron chi connectivity index (χ4n) is 1.84. The van der Waals surface area contributed by atoms with Gasteiger partial charge in [-0.3, -0.25) is 10.1 Å². The van der Waals surface area contributed by atoms with Crippen molar-refractivity contribution >= 4 is 24.8 Å². The summed E-state index contributed by atoms with van der Waals surface area (Å²) in [6.45, 7) is 11.0. The van der Waals surface area contributed by atoms with Crippen LogP contribution in [0.3, 0.4) is 0 Å². The molecule has 2 aromatic carbocycles. The highest BCUT2D eigenvalue weighted by Gasteiger charge is 2.38. The van der Waals surface area contributed by atoms with Crippen LogP contribution >= 0.6 is 0 Å². The van der Waals surface area contributed by atoms with Crippen LogP contribution in [0.1, 0.15) is 20.8 Å². The Labute approximate surface area is 126 Å². The first-order valence-electron chi connectivity index (χ1n) is 6.97. The molecule has 0 fully saturated rings. The zero-order chi connectivity index (χ0) is 15.8. The van der Waals surface area contributed by atoms with E-state index in [2.05, 4.69) is 33.9 Å². The lowest BCUT2D eigenvalue weighted by atomic mass is 10.1. The van der Waals surface area contributed by atoms with Gasteiger partial charge in [0.2, 0.25) is 8.32 Å². The standard InChI is InChI=1S/C16H21NO3Si/c1-16(2,3)21(4,5)20-15-9-7-12-10-14(17(18)19)8-6-13(12)11-15/h6-11H,1-5H3. The summed E-state index contributed by atoms with van der Waals surface area (Å²) in [5, 5.41) is 12.7. The minimum atomic E-state index is -1.87. The van der Waals surface area contributed by atoms with E-state index in [9.17, 15) is 10.1 Å². The minimum Gasteiger partial charge on any atom is -0.543 e. The molecule has 0 aliphatic rings. The largest absolute Gasteiger partial charge is 0.543 e. The van der Waals surface area contributed by atoms with Crippen molar-refractivity contribution in [3.8, 4) is 5.75 Å². The Balaban J connectivity index is 2.36. The van der Waals surface area contributed by atoms with Crippen LogP contribution in [-0.2, 0) is 0 Å². The van der Waals surface area contributed by atoms with Gasteiger partial charge in [0.25, 0.3) is 5.69 Å². The third kappa shape index (κ3) is 3.24. The molecule has 0 aromatic heterocycles. The Kier molecular flexibility index (Phi) is 3.80. The summed E-state index contributed by atoms with van der Waals surface area (Å²) in [6.07, 6.45) is 0. The molecular weight excluding hydrogens is 282 g/mol. The molecule has 5 heteroatoms. The molecule has 2 rings (SSSR count).